The van der Waals surface area contributed by atoms with E-state index in [1.54, 1.807) is 18.1 Å². The highest BCUT2D eigenvalue weighted by Crippen LogP contribution is 2.24. The number of aromatic nitrogens is 2. The number of quaternary nitrogens is 1. The number of allylic oxidation sites excluding steroid dienone is 2. The molecule has 2 aliphatic rings. The van der Waals surface area contributed by atoms with Crippen molar-refractivity contribution in [2.24, 2.45) is 0 Å². The summed E-state index contributed by atoms with van der Waals surface area (Å²) >= 11 is 0. The van der Waals surface area contributed by atoms with Crippen LogP contribution in [0.5, 0.6) is 17.5 Å². The first kappa shape index (κ1) is 34.4. The number of benzene rings is 2. The molecule has 12 heteroatoms. The van der Waals surface area contributed by atoms with Gasteiger partial charge in [0.1, 0.15) is 18.3 Å². The van der Waals surface area contributed by atoms with E-state index in [1.165, 1.54) is 7.11 Å². The molecule has 5 rings (SSSR count). The maximum absolute atomic E-state index is 14.4. The van der Waals surface area contributed by atoms with Crippen LogP contribution in [0.4, 0.5) is 4.79 Å². The zero-order chi connectivity index (χ0) is 33.9. The second kappa shape index (κ2) is 16.7. The van der Waals surface area contributed by atoms with E-state index in [9.17, 15) is 19.5 Å². The number of carboxylic acids is 1. The summed E-state index contributed by atoms with van der Waals surface area (Å²) in [5.74, 6) is 0.0912. The second-order valence-electron chi connectivity index (χ2n) is 12.1. The van der Waals surface area contributed by atoms with Crippen molar-refractivity contribution in [1.82, 2.24) is 20.2 Å². The standard InChI is InChI=1S/C36H43N5O7/c1-46-27-18-16-25(17-19-27)23-40-20-12-7-5-3-4-6-11-15-29(35(43)44)37-34(42)30-21-28(24-41(30)36(40)45)48-32-22-31(47-2)38-33(39-32)26-13-9-8-10-14-26/h4,6,8-10,13-14,16-19,22,28-30H,3,5,7,11-12,15,20-21,23-24H2,1-2H3,(H,37,42)(H,43,44)/p+1. The van der Waals surface area contributed by atoms with Gasteiger partial charge in [0.2, 0.25) is 11.8 Å². The minimum Gasteiger partial charge on any atom is -0.497 e. The lowest BCUT2D eigenvalue weighted by Gasteiger charge is -2.27. The van der Waals surface area contributed by atoms with Gasteiger partial charge in [-0.3, -0.25) is 9.69 Å². The van der Waals surface area contributed by atoms with Crippen molar-refractivity contribution in [2.75, 3.05) is 27.3 Å². The van der Waals surface area contributed by atoms with Gasteiger partial charge in [-0.25, -0.2) is 14.5 Å². The first-order valence-corrected chi connectivity index (χ1v) is 16.5. The number of aliphatic carboxylic acids is 1. The van der Waals surface area contributed by atoms with Crippen LogP contribution < -0.4 is 24.4 Å². The molecule has 1 fully saturated rings. The number of ether oxygens (including phenoxy) is 3. The van der Waals surface area contributed by atoms with Crippen LogP contribution in [0.1, 0.15) is 50.5 Å². The number of nitrogens with zero attached hydrogens (tertiary/aromatic N) is 3. The SMILES string of the molecule is COc1ccc(CN2CCCCCC=CCCC(C(=O)O)NC(=O)C3CC(Oc4cc(OC)nc(-c5ccccc5)n4)C[NH+]3C2=O)cc1. The molecule has 0 saturated carbocycles. The monoisotopic (exact) mass is 658 g/mol. The van der Waals surface area contributed by atoms with Gasteiger partial charge in [-0.1, -0.05) is 61.0 Å². The van der Waals surface area contributed by atoms with Gasteiger partial charge in [0.05, 0.1) is 33.3 Å². The normalized spacial score (nSPS) is 22.4. The van der Waals surface area contributed by atoms with E-state index in [2.05, 4.69) is 21.4 Å². The summed E-state index contributed by atoms with van der Waals surface area (Å²) in [6.45, 7) is 1.05. The largest absolute Gasteiger partial charge is 0.497 e. The number of carboxylic acid groups (broad SMARTS) is 1. The molecule has 0 bridgehead atoms. The number of nitrogens with one attached hydrogen (secondary N) is 2. The van der Waals surface area contributed by atoms with Gasteiger partial charge in [0, 0.05) is 12.1 Å². The molecule has 3 aromatic rings. The summed E-state index contributed by atoms with van der Waals surface area (Å²) in [7, 11) is 3.11. The lowest BCUT2D eigenvalue weighted by molar-refractivity contribution is -0.824. The molecule has 4 atom stereocenters. The summed E-state index contributed by atoms with van der Waals surface area (Å²) < 4.78 is 17.1. The number of carbonyl (C=O) groups excluding carboxylic acids is 2. The Kier molecular flexibility index (Phi) is 12.0. The van der Waals surface area contributed by atoms with Crippen molar-refractivity contribution in [3.63, 3.8) is 0 Å². The van der Waals surface area contributed by atoms with E-state index in [-0.39, 0.29) is 31.3 Å². The van der Waals surface area contributed by atoms with Crippen LogP contribution in [0.2, 0.25) is 0 Å². The zero-order valence-electron chi connectivity index (χ0n) is 27.5. The summed E-state index contributed by atoms with van der Waals surface area (Å²) in [6.07, 6.45) is 7.99. The van der Waals surface area contributed by atoms with Gasteiger partial charge < -0.3 is 24.6 Å². The molecule has 0 radical (unpaired) electrons. The van der Waals surface area contributed by atoms with E-state index in [1.807, 2.05) is 60.7 Å². The zero-order valence-corrected chi connectivity index (χ0v) is 27.5. The molecule has 1 saturated heterocycles. The van der Waals surface area contributed by atoms with Gasteiger partial charge in [0.15, 0.2) is 18.0 Å². The molecule has 254 valence electrons. The van der Waals surface area contributed by atoms with Crippen LogP contribution in [0.3, 0.4) is 0 Å². The highest BCUT2D eigenvalue weighted by molar-refractivity contribution is 5.87. The fraction of sp³-hybridized carbons (Fsp3) is 0.417. The number of urea groups is 1. The number of fused-ring (bicyclic) bond motifs is 1. The third-order valence-corrected chi connectivity index (χ3v) is 8.69. The van der Waals surface area contributed by atoms with Crippen molar-refractivity contribution < 1.29 is 38.6 Å². The maximum atomic E-state index is 14.4. The van der Waals surface area contributed by atoms with Crippen LogP contribution in [-0.2, 0) is 16.1 Å². The predicted octanol–water partition coefficient (Wildman–Crippen LogP) is 3.67. The fourth-order valence-corrected chi connectivity index (χ4v) is 6.10. The highest BCUT2D eigenvalue weighted by atomic mass is 16.5. The summed E-state index contributed by atoms with van der Waals surface area (Å²) in [5.41, 5.74) is 1.71. The first-order valence-electron chi connectivity index (χ1n) is 16.5. The third-order valence-electron chi connectivity index (χ3n) is 8.69. The summed E-state index contributed by atoms with van der Waals surface area (Å²) in [6, 6.07) is 16.4. The van der Waals surface area contributed by atoms with Gasteiger partial charge in [-0.05, 0) is 49.8 Å². The number of methoxy groups -OCH3 is 2. The topological polar surface area (TPSA) is 145 Å². The average Bonchev–Trinajstić information content (AvgIpc) is 3.53. The molecule has 3 amide bonds. The van der Waals surface area contributed by atoms with E-state index in [4.69, 9.17) is 14.2 Å². The molecule has 2 aromatic carbocycles. The van der Waals surface area contributed by atoms with Crippen LogP contribution in [0, 0.1) is 0 Å². The Bertz CT molecular complexity index is 1570. The van der Waals surface area contributed by atoms with E-state index in [0.29, 0.717) is 36.1 Å². The Labute approximate surface area is 280 Å². The van der Waals surface area contributed by atoms with Crippen LogP contribution in [-0.4, -0.2) is 83.4 Å². The third kappa shape index (κ3) is 9.09. The predicted molar refractivity (Wildman–Crippen MR) is 178 cm³/mol. The number of carbonyl (C=O) groups is 3. The molecule has 2 aliphatic heterocycles. The minimum atomic E-state index is -1.11. The van der Waals surface area contributed by atoms with E-state index < -0.39 is 30.1 Å². The van der Waals surface area contributed by atoms with Gasteiger partial charge in [0.25, 0.3) is 5.91 Å². The lowest BCUT2D eigenvalue weighted by Crippen LogP contribution is -3.19. The molecule has 1 aromatic heterocycles. The molecular weight excluding hydrogens is 614 g/mol. The molecule has 0 aliphatic carbocycles. The van der Waals surface area contributed by atoms with Crippen LogP contribution in [0.25, 0.3) is 11.4 Å². The number of rotatable bonds is 8. The molecular formula is C36H44N5O7+. The van der Waals surface area contributed by atoms with Crippen molar-refractivity contribution in [3.8, 4) is 28.9 Å². The number of hydrogen-bond acceptors (Lipinski definition) is 8. The smallest absolute Gasteiger partial charge is 0.418 e. The van der Waals surface area contributed by atoms with Crippen molar-refractivity contribution >= 4 is 17.9 Å². The summed E-state index contributed by atoms with van der Waals surface area (Å²) in [4.78, 5) is 51.6. The second-order valence-corrected chi connectivity index (χ2v) is 12.1. The van der Waals surface area contributed by atoms with Crippen LogP contribution in [0.15, 0.2) is 72.8 Å². The molecule has 12 nitrogen and oxygen atoms in total. The Morgan fingerprint density at radius 1 is 0.958 bits per heavy atom. The van der Waals surface area contributed by atoms with E-state index in [0.717, 1.165) is 42.6 Å². The van der Waals surface area contributed by atoms with Crippen molar-refractivity contribution in [2.45, 2.75) is 69.7 Å². The first-order chi connectivity index (χ1) is 23.3. The molecule has 0 spiro atoms. The van der Waals surface area contributed by atoms with Crippen molar-refractivity contribution in [3.05, 3.63) is 78.4 Å². The maximum Gasteiger partial charge on any atom is 0.418 e. The molecule has 48 heavy (non-hydrogen) atoms. The molecule has 3 N–H and O–H groups in total. The Balaban J connectivity index is 1.44. The Morgan fingerprint density at radius 3 is 2.44 bits per heavy atom. The van der Waals surface area contributed by atoms with Gasteiger partial charge >= 0.3 is 12.0 Å². The quantitative estimate of drug-likeness (QED) is 0.309. The minimum absolute atomic E-state index is 0.183. The lowest BCUT2D eigenvalue weighted by atomic mass is 10.1. The Hall–Kier alpha value is -4.97. The van der Waals surface area contributed by atoms with Crippen molar-refractivity contribution in [1.29, 1.82) is 0 Å². The van der Waals surface area contributed by atoms with Gasteiger partial charge in [-0.2, -0.15) is 9.97 Å². The average molecular weight is 659 g/mol. The summed E-state index contributed by atoms with van der Waals surface area (Å²) in [5, 5.41) is 12.6. The molecule has 3 heterocycles. The highest BCUT2D eigenvalue weighted by Gasteiger charge is 2.48. The van der Waals surface area contributed by atoms with Crippen LogP contribution >= 0.6 is 0 Å². The number of amides is 3. The number of hydrogen-bond donors (Lipinski definition) is 3. The van der Waals surface area contributed by atoms with E-state index >= 15 is 0 Å². The Morgan fingerprint density at radius 2 is 1.71 bits per heavy atom. The fourth-order valence-electron chi connectivity index (χ4n) is 6.10. The van der Waals surface area contributed by atoms with Gasteiger partial charge in [-0.15, -0.1) is 0 Å². The molecule has 4 unspecified atom stereocenters.